The van der Waals surface area contributed by atoms with Crippen molar-refractivity contribution in [1.82, 2.24) is 10.7 Å². The standard InChI is InChI=1S/C11H23N5O/c1-8(7-10(12)17)14-11(16-13)15-9-5-3-2-4-6-9/h8-9H,2-7,13H2,1H3,(H2,12,17)(H2,14,15,16). The molecule has 0 saturated heterocycles. The number of nitrogens with zero attached hydrogens (tertiary/aromatic N) is 1. The fourth-order valence-corrected chi connectivity index (χ4v) is 2.10. The molecule has 0 aromatic carbocycles. The van der Waals surface area contributed by atoms with E-state index in [1.165, 1.54) is 19.3 Å². The number of primary amides is 1. The van der Waals surface area contributed by atoms with Crippen LogP contribution in [0.25, 0.3) is 0 Å². The predicted octanol–water partition coefficient (Wildman–Crippen LogP) is -0.00810. The second-order valence-corrected chi connectivity index (χ2v) is 4.63. The molecule has 1 saturated carbocycles. The van der Waals surface area contributed by atoms with Crippen LogP contribution in [0.15, 0.2) is 4.99 Å². The molecule has 1 unspecified atom stereocenters. The second kappa shape index (κ2) is 7.11. The molecule has 6 N–H and O–H groups in total. The molecule has 0 heterocycles. The third kappa shape index (κ3) is 5.53. The maximum atomic E-state index is 10.8. The van der Waals surface area contributed by atoms with Gasteiger partial charge in [0, 0.05) is 12.5 Å². The summed E-state index contributed by atoms with van der Waals surface area (Å²) in [7, 11) is 0. The smallest absolute Gasteiger partial charge is 0.219 e. The van der Waals surface area contributed by atoms with Gasteiger partial charge in [-0.15, -0.1) is 0 Å². The van der Waals surface area contributed by atoms with Crippen molar-refractivity contribution in [1.29, 1.82) is 0 Å². The number of hydrogen-bond donors (Lipinski definition) is 4. The summed E-state index contributed by atoms with van der Waals surface area (Å²) < 4.78 is 0. The highest BCUT2D eigenvalue weighted by Crippen LogP contribution is 2.20. The molecule has 1 aliphatic carbocycles. The highest BCUT2D eigenvalue weighted by Gasteiger charge is 2.14. The SMILES string of the molecule is CC(CC(N)=O)NC(=NC1CCCCC1)NN. The summed E-state index contributed by atoms with van der Waals surface area (Å²) in [5, 5.41) is 3.06. The van der Waals surface area contributed by atoms with Gasteiger partial charge in [-0.05, 0) is 19.8 Å². The molecule has 98 valence electrons. The van der Waals surface area contributed by atoms with Crippen LogP contribution in [0.1, 0.15) is 45.4 Å². The number of nitrogens with two attached hydrogens (primary N) is 2. The van der Waals surface area contributed by atoms with Crippen LogP contribution in [-0.4, -0.2) is 24.0 Å². The molecule has 1 atom stereocenters. The molecule has 1 aliphatic rings. The Labute approximate surface area is 102 Å². The first kappa shape index (κ1) is 13.8. The molecule has 17 heavy (non-hydrogen) atoms. The fraction of sp³-hybridized carbons (Fsp3) is 0.818. The summed E-state index contributed by atoms with van der Waals surface area (Å²) in [6.45, 7) is 1.87. The zero-order valence-corrected chi connectivity index (χ0v) is 10.4. The highest BCUT2D eigenvalue weighted by atomic mass is 16.1. The molecule has 6 nitrogen and oxygen atoms in total. The summed E-state index contributed by atoms with van der Waals surface area (Å²) in [5.74, 6) is 5.62. The van der Waals surface area contributed by atoms with Gasteiger partial charge < -0.3 is 11.1 Å². The number of carbonyl (C=O) groups is 1. The zero-order valence-electron chi connectivity index (χ0n) is 10.4. The normalized spacial score (nSPS) is 19.8. The van der Waals surface area contributed by atoms with Gasteiger partial charge in [-0.1, -0.05) is 19.3 Å². The zero-order chi connectivity index (χ0) is 12.7. The Balaban J connectivity index is 2.45. The van der Waals surface area contributed by atoms with E-state index in [2.05, 4.69) is 15.7 Å². The average molecular weight is 241 g/mol. The maximum Gasteiger partial charge on any atom is 0.219 e. The Morgan fingerprint density at radius 1 is 1.41 bits per heavy atom. The molecule has 0 bridgehead atoms. The molecule has 6 heteroatoms. The Morgan fingerprint density at radius 3 is 2.59 bits per heavy atom. The first-order chi connectivity index (χ1) is 8.11. The monoisotopic (exact) mass is 241 g/mol. The van der Waals surface area contributed by atoms with Gasteiger partial charge in [0.2, 0.25) is 11.9 Å². The minimum Gasteiger partial charge on any atom is -0.370 e. The summed E-state index contributed by atoms with van der Waals surface area (Å²) in [6.07, 6.45) is 6.23. The Kier molecular flexibility index (Phi) is 5.76. The van der Waals surface area contributed by atoms with Crippen molar-refractivity contribution >= 4 is 11.9 Å². The molecule has 0 aromatic rings. The van der Waals surface area contributed by atoms with Crippen LogP contribution in [0.3, 0.4) is 0 Å². The van der Waals surface area contributed by atoms with Gasteiger partial charge >= 0.3 is 0 Å². The first-order valence-electron chi connectivity index (χ1n) is 6.21. The van der Waals surface area contributed by atoms with Gasteiger partial charge in [0.05, 0.1) is 6.04 Å². The third-order valence-corrected chi connectivity index (χ3v) is 2.91. The summed E-state index contributed by atoms with van der Waals surface area (Å²) in [5.41, 5.74) is 7.66. The average Bonchev–Trinajstić information content (AvgIpc) is 2.28. The van der Waals surface area contributed by atoms with Crippen LogP contribution in [0.2, 0.25) is 0 Å². The van der Waals surface area contributed by atoms with Gasteiger partial charge in [-0.25, -0.2) is 10.8 Å². The molecule has 0 aliphatic heterocycles. The van der Waals surface area contributed by atoms with Crippen LogP contribution < -0.4 is 22.3 Å². The van der Waals surface area contributed by atoms with E-state index in [0.29, 0.717) is 12.0 Å². The largest absolute Gasteiger partial charge is 0.370 e. The van der Waals surface area contributed by atoms with E-state index >= 15 is 0 Å². The molecule has 1 rings (SSSR count). The van der Waals surface area contributed by atoms with Gasteiger partial charge in [-0.2, -0.15) is 0 Å². The highest BCUT2D eigenvalue weighted by molar-refractivity contribution is 5.81. The minimum absolute atomic E-state index is 0.0640. The van der Waals surface area contributed by atoms with Crippen molar-refractivity contribution in [2.24, 2.45) is 16.6 Å². The van der Waals surface area contributed by atoms with Crippen molar-refractivity contribution in [2.75, 3.05) is 0 Å². The summed E-state index contributed by atoms with van der Waals surface area (Å²) >= 11 is 0. The van der Waals surface area contributed by atoms with Crippen LogP contribution in [0.5, 0.6) is 0 Å². The number of nitrogens with one attached hydrogen (secondary N) is 2. The lowest BCUT2D eigenvalue weighted by atomic mass is 9.96. The lowest BCUT2D eigenvalue weighted by Crippen LogP contribution is -2.47. The van der Waals surface area contributed by atoms with Crippen LogP contribution >= 0.6 is 0 Å². The number of aliphatic imine (C=N–C) groups is 1. The van der Waals surface area contributed by atoms with Crippen molar-refractivity contribution < 1.29 is 4.79 Å². The lowest BCUT2D eigenvalue weighted by molar-refractivity contribution is -0.118. The van der Waals surface area contributed by atoms with Gasteiger partial charge in [-0.3, -0.25) is 10.2 Å². The first-order valence-corrected chi connectivity index (χ1v) is 6.21. The van der Waals surface area contributed by atoms with Gasteiger partial charge in [0.25, 0.3) is 0 Å². The van der Waals surface area contributed by atoms with Gasteiger partial charge in [0.15, 0.2) is 0 Å². The van der Waals surface area contributed by atoms with E-state index in [9.17, 15) is 4.79 Å². The number of guanidine groups is 1. The quantitative estimate of drug-likeness (QED) is 0.240. The topological polar surface area (TPSA) is 106 Å². The number of hydrogen-bond acceptors (Lipinski definition) is 3. The molecular formula is C11H23N5O. The van der Waals surface area contributed by atoms with E-state index in [4.69, 9.17) is 11.6 Å². The molecular weight excluding hydrogens is 218 g/mol. The molecule has 0 aromatic heterocycles. The molecule has 1 amide bonds. The van der Waals surface area contributed by atoms with Crippen molar-refractivity contribution in [3.05, 3.63) is 0 Å². The lowest BCUT2D eigenvalue weighted by Gasteiger charge is -2.21. The summed E-state index contributed by atoms with van der Waals surface area (Å²) in [4.78, 5) is 15.3. The van der Waals surface area contributed by atoms with Crippen molar-refractivity contribution in [3.8, 4) is 0 Å². The number of carbonyl (C=O) groups excluding carboxylic acids is 1. The third-order valence-electron chi connectivity index (χ3n) is 2.91. The second-order valence-electron chi connectivity index (χ2n) is 4.63. The van der Waals surface area contributed by atoms with Gasteiger partial charge in [0.1, 0.15) is 0 Å². The van der Waals surface area contributed by atoms with Crippen LogP contribution in [-0.2, 0) is 4.79 Å². The Bertz CT molecular complexity index is 273. The van der Waals surface area contributed by atoms with Crippen molar-refractivity contribution in [2.45, 2.75) is 57.5 Å². The Hall–Kier alpha value is -1.30. The molecule has 0 spiro atoms. The van der Waals surface area contributed by atoms with E-state index < -0.39 is 0 Å². The molecule has 1 fully saturated rings. The maximum absolute atomic E-state index is 10.8. The predicted molar refractivity (Wildman–Crippen MR) is 68.0 cm³/mol. The van der Waals surface area contributed by atoms with Crippen molar-refractivity contribution in [3.63, 3.8) is 0 Å². The van der Waals surface area contributed by atoms with E-state index in [1.54, 1.807) is 0 Å². The van der Waals surface area contributed by atoms with E-state index in [-0.39, 0.29) is 18.4 Å². The summed E-state index contributed by atoms with van der Waals surface area (Å²) in [6, 6.07) is 0.272. The minimum atomic E-state index is -0.334. The van der Waals surface area contributed by atoms with Crippen LogP contribution in [0, 0.1) is 0 Å². The fourth-order valence-electron chi connectivity index (χ4n) is 2.10. The number of rotatable bonds is 4. The number of hydrazine groups is 1. The van der Waals surface area contributed by atoms with Crippen LogP contribution in [0.4, 0.5) is 0 Å². The van der Waals surface area contributed by atoms with E-state index in [0.717, 1.165) is 12.8 Å². The Morgan fingerprint density at radius 2 is 2.06 bits per heavy atom. The molecule has 0 radical (unpaired) electrons. The van der Waals surface area contributed by atoms with E-state index in [1.807, 2.05) is 6.92 Å². The number of amides is 1.